The Balaban J connectivity index is 1.66. The molecule has 4 rings (SSSR count). The van der Waals surface area contributed by atoms with Crippen LogP contribution in [0.4, 0.5) is 0 Å². The summed E-state index contributed by atoms with van der Waals surface area (Å²) < 4.78 is 11.9. The highest BCUT2D eigenvalue weighted by Crippen LogP contribution is 2.41. The lowest BCUT2D eigenvalue weighted by molar-refractivity contribution is 0.0846. The SMILES string of the molecule is CCCN1COc2ccc3c(c2C1)OCC(c1ccc(C)cc1)C3=O. The van der Waals surface area contributed by atoms with Crippen molar-refractivity contribution in [1.29, 1.82) is 0 Å². The quantitative estimate of drug-likeness (QED) is 0.851. The van der Waals surface area contributed by atoms with Crippen LogP contribution in [0.25, 0.3) is 0 Å². The maximum Gasteiger partial charge on any atom is 0.177 e. The van der Waals surface area contributed by atoms with Gasteiger partial charge >= 0.3 is 0 Å². The molecule has 0 radical (unpaired) electrons. The third-order valence-corrected chi connectivity index (χ3v) is 5.00. The lowest BCUT2D eigenvalue weighted by atomic mass is 9.87. The molecule has 0 fully saturated rings. The zero-order valence-electron chi connectivity index (χ0n) is 14.7. The Bertz CT molecular complexity index is 798. The van der Waals surface area contributed by atoms with Gasteiger partial charge in [0.15, 0.2) is 5.78 Å². The van der Waals surface area contributed by atoms with Gasteiger partial charge in [-0.15, -0.1) is 0 Å². The minimum absolute atomic E-state index is 0.139. The van der Waals surface area contributed by atoms with Gasteiger partial charge in [-0.25, -0.2) is 0 Å². The normalized spacial score (nSPS) is 19.6. The predicted molar refractivity (Wildman–Crippen MR) is 96.4 cm³/mol. The molecule has 0 N–H and O–H groups in total. The Kier molecular flexibility index (Phi) is 4.22. The molecule has 0 saturated heterocycles. The van der Waals surface area contributed by atoms with Crippen LogP contribution in [0.2, 0.25) is 0 Å². The first-order valence-electron chi connectivity index (χ1n) is 8.92. The molecule has 2 aromatic carbocycles. The Hall–Kier alpha value is -2.33. The molecular weight excluding hydrogens is 314 g/mol. The largest absolute Gasteiger partial charge is 0.491 e. The van der Waals surface area contributed by atoms with Gasteiger partial charge in [0.2, 0.25) is 0 Å². The number of ketones is 1. The highest BCUT2D eigenvalue weighted by molar-refractivity contribution is 6.04. The van der Waals surface area contributed by atoms with E-state index < -0.39 is 0 Å². The molecule has 2 aliphatic rings. The number of aryl methyl sites for hydroxylation is 1. The van der Waals surface area contributed by atoms with Gasteiger partial charge < -0.3 is 9.47 Å². The van der Waals surface area contributed by atoms with Gasteiger partial charge in [-0.3, -0.25) is 9.69 Å². The topological polar surface area (TPSA) is 38.8 Å². The van der Waals surface area contributed by atoms with E-state index in [0.29, 0.717) is 24.7 Å². The lowest BCUT2D eigenvalue weighted by Crippen LogP contribution is -2.34. The number of carbonyl (C=O) groups excluding carboxylic acids is 1. The van der Waals surface area contributed by atoms with Crippen LogP contribution in [0.3, 0.4) is 0 Å². The van der Waals surface area contributed by atoms with E-state index in [1.807, 2.05) is 43.3 Å². The van der Waals surface area contributed by atoms with Crippen LogP contribution in [0.15, 0.2) is 36.4 Å². The molecule has 1 unspecified atom stereocenters. The van der Waals surface area contributed by atoms with E-state index in [9.17, 15) is 4.79 Å². The molecule has 2 heterocycles. The van der Waals surface area contributed by atoms with Crippen molar-refractivity contribution in [1.82, 2.24) is 4.90 Å². The number of carbonyl (C=O) groups is 1. The Labute approximate surface area is 148 Å². The summed E-state index contributed by atoms with van der Waals surface area (Å²) in [5.41, 5.74) is 3.89. The smallest absolute Gasteiger partial charge is 0.177 e. The second-order valence-electron chi connectivity index (χ2n) is 6.88. The fourth-order valence-electron chi connectivity index (χ4n) is 3.62. The van der Waals surface area contributed by atoms with Crippen LogP contribution in [0.1, 0.15) is 46.3 Å². The fourth-order valence-corrected chi connectivity index (χ4v) is 3.62. The van der Waals surface area contributed by atoms with Crippen molar-refractivity contribution in [3.63, 3.8) is 0 Å². The number of ether oxygens (including phenoxy) is 2. The predicted octanol–water partition coefficient (Wildman–Crippen LogP) is 3.92. The van der Waals surface area contributed by atoms with Crippen LogP contribution in [0, 0.1) is 6.92 Å². The molecule has 0 saturated carbocycles. The van der Waals surface area contributed by atoms with Gasteiger partial charge in [0.05, 0.1) is 17.0 Å². The molecule has 130 valence electrons. The number of nitrogens with zero attached hydrogens (tertiary/aromatic N) is 1. The lowest BCUT2D eigenvalue weighted by Gasteiger charge is -2.33. The van der Waals surface area contributed by atoms with Crippen molar-refractivity contribution in [3.05, 3.63) is 58.7 Å². The average Bonchev–Trinajstić information content (AvgIpc) is 2.63. The molecular formula is C21H23NO3. The minimum atomic E-state index is -0.234. The molecule has 0 amide bonds. The summed E-state index contributed by atoms with van der Waals surface area (Å²) in [6, 6.07) is 11.9. The second kappa shape index (κ2) is 6.52. The summed E-state index contributed by atoms with van der Waals surface area (Å²) in [6.45, 7) is 6.94. The van der Waals surface area contributed by atoms with Crippen molar-refractivity contribution in [2.45, 2.75) is 32.7 Å². The average molecular weight is 337 g/mol. The van der Waals surface area contributed by atoms with E-state index in [-0.39, 0.29) is 11.7 Å². The van der Waals surface area contributed by atoms with Crippen molar-refractivity contribution in [3.8, 4) is 11.5 Å². The van der Waals surface area contributed by atoms with E-state index >= 15 is 0 Å². The molecule has 2 aromatic rings. The molecule has 4 heteroatoms. The van der Waals surface area contributed by atoms with Crippen LogP contribution >= 0.6 is 0 Å². The van der Waals surface area contributed by atoms with Gasteiger partial charge in [-0.05, 0) is 31.0 Å². The summed E-state index contributed by atoms with van der Waals surface area (Å²) in [4.78, 5) is 15.3. The maximum absolute atomic E-state index is 13.1. The van der Waals surface area contributed by atoms with E-state index in [4.69, 9.17) is 9.47 Å². The summed E-state index contributed by atoms with van der Waals surface area (Å²) in [6.07, 6.45) is 1.07. The zero-order chi connectivity index (χ0) is 17.4. The molecule has 2 aliphatic heterocycles. The molecule has 0 spiro atoms. The minimum Gasteiger partial charge on any atom is -0.491 e. The van der Waals surface area contributed by atoms with Gasteiger partial charge in [-0.2, -0.15) is 0 Å². The van der Waals surface area contributed by atoms with E-state index in [1.54, 1.807) is 0 Å². The van der Waals surface area contributed by atoms with E-state index in [0.717, 1.165) is 36.4 Å². The number of hydrogen-bond donors (Lipinski definition) is 0. The monoisotopic (exact) mass is 337 g/mol. The van der Waals surface area contributed by atoms with Gasteiger partial charge in [-0.1, -0.05) is 36.8 Å². The molecule has 0 bridgehead atoms. The van der Waals surface area contributed by atoms with E-state index in [1.165, 1.54) is 5.56 Å². The summed E-state index contributed by atoms with van der Waals surface area (Å²) in [5.74, 6) is 1.46. The van der Waals surface area contributed by atoms with Crippen LogP contribution in [-0.2, 0) is 6.54 Å². The highest BCUT2D eigenvalue weighted by Gasteiger charge is 2.34. The van der Waals surface area contributed by atoms with Gasteiger partial charge in [0, 0.05) is 13.1 Å². The van der Waals surface area contributed by atoms with Crippen LogP contribution < -0.4 is 9.47 Å². The highest BCUT2D eigenvalue weighted by atomic mass is 16.5. The maximum atomic E-state index is 13.1. The first kappa shape index (κ1) is 16.2. The van der Waals surface area contributed by atoms with Gasteiger partial charge in [0.1, 0.15) is 24.8 Å². The zero-order valence-corrected chi connectivity index (χ0v) is 14.7. The third kappa shape index (κ3) is 2.91. The summed E-state index contributed by atoms with van der Waals surface area (Å²) >= 11 is 0. The Morgan fingerprint density at radius 2 is 1.92 bits per heavy atom. The number of rotatable bonds is 3. The second-order valence-corrected chi connectivity index (χ2v) is 6.88. The van der Waals surface area contributed by atoms with Crippen LogP contribution in [-0.4, -0.2) is 30.6 Å². The number of hydrogen-bond acceptors (Lipinski definition) is 4. The standard InChI is InChI=1S/C21H23NO3/c1-3-10-22-11-17-19(25-13-22)9-8-16-20(23)18(12-24-21(16)17)15-6-4-14(2)5-7-15/h4-9,18H,3,10-13H2,1-2H3. The summed E-state index contributed by atoms with van der Waals surface area (Å²) in [5, 5.41) is 0. The van der Waals surface area contributed by atoms with E-state index in [2.05, 4.69) is 11.8 Å². The number of fused-ring (bicyclic) bond motifs is 3. The Morgan fingerprint density at radius 3 is 2.68 bits per heavy atom. The van der Waals surface area contributed by atoms with Crippen molar-refractivity contribution < 1.29 is 14.3 Å². The molecule has 1 atom stereocenters. The first-order valence-corrected chi connectivity index (χ1v) is 8.92. The Morgan fingerprint density at radius 1 is 1.12 bits per heavy atom. The summed E-state index contributed by atoms with van der Waals surface area (Å²) in [7, 11) is 0. The van der Waals surface area contributed by atoms with Crippen molar-refractivity contribution in [2.24, 2.45) is 0 Å². The first-order chi connectivity index (χ1) is 12.2. The van der Waals surface area contributed by atoms with Gasteiger partial charge in [0.25, 0.3) is 0 Å². The fraction of sp³-hybridized carbons (Fsp3) is 0.381. The van der Waals surface area contributed by atoms with Crippen molar-refractivity contribution in [2.75, 3.05) is 19.9 Å². The van der Waals surface area contributed by atoms with Crippen LogP contribution in [0.5, 0.6) is 11.5 Å². The molecule has 0 aliphatic carbocycles. The molecule has 0 aromatic heterocycles. The third-order valence-electron chi connectivity index (χ3n) is 5.00. The number of benzene rings is 2. The molecule has 4 nitrogen and oxygen atoms in total. The molecule has 25 heavy (non-hydrogen) atoms. The number of Topliss-reactive ketones (excluding diaryl/α,β-unsaturated/α-hetero) is 1. The van der Waals surface area contributed by atoms with Crippen molar-refractivity contribution >= 4 is 5.78 Å².